The van der Waals surface area contributed by atoms with Gasteiger partial charge in [-0.05, 0) is 114 Å². The molecule has 0 aromatic heterocycles. The average Bonchev–Trinajstić information content (AvgIpc) is 3.41. The van der Waals surface area contributed by atoms with E-state index in [2.05, 4.69) is 108 Å². The third-order valence-corrected chi connectivity index (χ3v) is 19.1. The third kappa shape index (κ3) is 5.92. The maximum absolute atomic E-state index is 9.87. The highest BCUT2D eigenvalue weighted by Crippen LogP contribution is 2.67. The summed E-state index contributed by atoms with van der Waals surface area (Å²) in [4.78, 5) is 0. The smallest absolute Gasteiger partial charge is 0.261 e. The van der Waals surface area contributed by atoms with E-state index in [1.54, 1.807) is 5.57 Å². The van der Waals surface area contributed by atoms with E-state index < -0.39 is 14.4 Å². The molecule has 3 fully saturated rings. The summed E-state index contributed by atoms with van der Waals surface area (Å²) in [6.45, 7) is 14.9. The Morgan fingerprint density at radius 2 is 1.52 bits per heavy atom. The number of benzene rings is 2. The van der Waals surface area contributed by atoms with Crippen LogP contribution in [0, 0.1) is 40.4 Å². The first-order valence-electron chi connectivity index (χ1n) is 18.7. The molecule has 0 amide bonds. The standard InChI is InChI=1S/C42H62O3Si/c1-30(14-13-15-32(44)29-43)37-22-23-38-36-21-20-31-28-33(24-26-41(31,5)39(36)25-27-42(37,38)6)45-46(40(2,3)4,34-16-9-7-10-17-34)35-18-11-8-12-19-35/h7-12,16-20,30,32-33,36-39,43-44H,13-15,21-29H2,1-6H3/t30-,32?,33+,36+,37-,38+,39+,41+,42-/m1/s1. The van der Waals surface area contributed by atoms with Gasteiger partial charge in [-0.2, -0.15) is 0 Å². The summed E-state index contributed by atoms with van der Waals surface area (Å²) in [6, 6.07) is 22.4. The zero-order valence-corrected chi connectivity index (χ0v) is 30.7. The Hall–Kier alpha value is -1.72. The van der Waals surface area contributed by atoms with E-state index in [0.29, 0.717) is 16.7 Å². The van der Waals surface area contributed by atoms with Crippen LogP contribution in [0.25, 0.3) is 0 Å². The van der Waals surface area contributed by atoms with Crippen molar-refractivity contribution in [2.75, 3.05) is 6.61 Å². The fourth-order valence-corrected chi connectivity index (χ4v) is 16.3. The van der Waals surface area contributed by atoms with Crippen LogP contribution in [-0.4, -0.2) is 37.3 Å². The van der Waals surface area contributed by atoms with Gasteiger partial charge in [0.15, 0.2) is 0 Å². The Balaban J connectivity index is 1.21. The van der Waals surface area contributed by atoms with Crippen molar-refractivity contribution in [1.29, 1.82) is 0 Å². The molecule has 2 aromatic carbocycles. The van der Waals surface area contributed by atoms with Gasteiger partial charge in [0, 0.05) is 6.10 Å². The summed E-state index contributed by atoms with van der Waals surface area (Å²) in [5.74, 6) is 3.93. The molecular formula is C42H62O3Si. The summed E-state index contributed by atoms with van der Waals surface area (Å²) in [7, 11) is -2.57. The van der Waals surface area contributed by atoms with Gasteiger partial charge in [-0.1, -0.05) is 127 Å². The minimum absolute atomic E-state index is 0.00507. The number of hydrogen-bond donors (Lipinski definition) is 2. The number of rotatable bonds is 10. The minimum atomic E-state index is -2.57. The fourth-order valence-electron chi connectivity index (χ4n) is 11.6. The quantitative estimate of drug-likeness (QED) is 0.201. The summed E-state index contributed by atoms with van der Waals surface area (Å²) in [6.07, 6.45) is 15.6. The Kier molecular flexibility index (Phi) is 9.87. The van der Waals surface area contributed by atoms with E-state index >= 15 is 0 Å². The van der Waals surface area contributed by atoms with Crippen LogP contribution in [-0.2, 0) is 4.43 Å². The predicted molar refractivity (Wildman–Crippen MR) is 194 cm³/mol. The van der Waals surface area contributed by atoms with Crippen molar-refractivity contribution in [3.63, 3.8) is 0 Å². The molecule has 4 aliphatic carbocycles. The van der Waals surface area contributed by atoms with Crippen LogP contribution in [0.1, 0.15) is 112 Å². The molecule has 0 aliphatic heterocycles. The van der Waals surface area contributed by atoms with Crippen LogP contribution >= 0.6 is 0 Å². The highest BCUT2D eigenvalue weighted by molar-refractivity contribution is 6.99. The Morgan fingerprint density at radius 3 is 2.13 bits per heavy atom. The molecule has 46 heavy (non-hydrogen) atoms. The lowest BCUT2D eigenvalue weighted by molar-refractivity contribution is -0.0565. The molecule has 252 valence electrons. The highest BCUT2D eigenvalue weighted by atomic mass is 28.4. The molecule has 4 aliphatic rings. The van der Waals surface area contributed by atoms with Crippen LogP contribution in [0.15, 0.2) is 72.3 Å². The summed E-state index contributed by atoms with van der Waals surface area (Å²) < 4.78 is 7.69. The first-order valence-corrected chi connectivity index (χ1v) is 20.6. The topological polar surface area (TPSA) is 49.7 Å². The number of aliphatic hydroxyl groups excluding tert-OH is 2. The van der Waals surface area contributed by atoms with Crippen molar-refractivity contribution >= 4 is 18.7 Å². The molecule has 9 atom stereocenters. The lowest BCUT2D eigenvalue weighted by atomic mass is 9.47. The molecule has 0 heterocycles. The second-order valence-electron chi connectivity index (χ2n) is 17.4. The third-order valence-electron chi connectivity index (χ3n) is 14.0. The Morgan fingerprint density at radius 1 is 0.870 bits per heavy atom. The van der Waals surface area contributed by atoms with E-state index in [-0.39, 0.29) is 17.7 Å². The first kappa shape index (κ1) is 34.2. The van der Waals surface area contributed by atoms with Crippen LogP contribution in [0.4, 0.5) is 0 Å². The zero-order chi connectivity index (χ0) is 32.7. The van der Waals surface area contributed by atoms with Crippen molar-refractivity contribution in [2.45, 2.75) is 129 Å². The summed E-state index contributed by atoms with van der Waals surface area (Å²) in [5, 5.41) is 21.9. The van der Waals surface area contributed by atoms with Crippen molar-refractivity contribution in [3.8, 4) is 0 Å². The average molecular weight is 643 g/mol. The molecule has 0 spiro atoms. The maximum atomic E-state index is 9.87. The number of allylic oxidation sites excluding steroid dienone is 1. The van der Waals surface area contributed by atoms with Gasteiger partial charge in [0.25, 0.3) is 8.32 Å². The SMILES string of the molecule is C[C@H](CCCC(O)CO)[C@H]1CC[C@H]2[C@@H]3CC=C4C[C@@H](O[Si](c5ccccc5)(c5ccccc5)C(C)(C)C)CC[C@]4(C)[C@H]3CC[C@]12C. The molecule has 3 nitrogen and oxygen atoms in total. The fraction of sp³-hybridized carbons (Fsp3) is 0.667. The van der Waals surface area contributed by atoms with E-state index in [1.165, 1.54) is 55.3 Å². The molecular weight excluding hydrogens is 581 g/mol. The molecule has 0 radical (unpaired) electrons. The predicted octanol–water partition coefficient (Wildman–Crippen LogP) is 8.67. The first-order chi connectivity index (χ1) is 21.9. The van der Waals surface area contributed by atoms with Gasteiger partial charge in [-0.25, -0.2) is 0 Å². The van der Waals surface area contributed by atoms with Crippen LogP contribution in [0.3, 0.4) is 0 Å². The Bertz CT molecular complexity index is 1290. The molecule has 3 saturated carbocycles. The molecule has 6 rings (SSSR count). The largest absolute Gasteiger partial charge is 0.404 e. The van der Waals surface area contributed by atoms with Gasteiger partial charge >= 0.3 is 0 Å². The minimum Gasteiger partial charge on any atom is -0.404 e. The number of fused-ring (bicyclic) bond motifs is 5. The highest BCUT2D eigenvalue weighted by Gasteiger charge is 2.60. The maximum Gasteiger partial charge on any atom is 0.261 e. The molecule has 2 aromatic rings. The van der Waals surface area contributed by atoms with Crippen LogP contribution < -0.4 is 10.4 Å². The van der Waals surface area contributed by atoms with E-state index in [4.69, 9.17) is 4.43 Å². The zero-order valence-electron chi connectivity index (χ0n) is 29.7. The molecule has 2 N–H and O–H groups in total. The molecule has 1 unspecified atom stereocenters. The Labute approximate surface area is 281 Å². The van der Waals surface area contributed by atoms with Crippen molar-refractivity contribution in [2.24, 2.45) is 40.4 Å². The molecule has 0 bridgehead atoms. The van der Waals surface area contributed by atoms with Gasteiger partial charge in [0.2, 0.25) is 0 Å². The number of aliphatic hydroxyl groups is 2. The lowest BCUT2D eigenvalue weighted by Gasteiger charge is -2.59. The summed E-state index contributed by atoms with van der Waals surface area (Å²) in [5.41, 5.74) is 2.46. The monoisotopic (exact) mass is 642 g/mol. The normalized spacial score (nSPS) is 34.2. The van der Waals surface area contributed by atoms with Crippen LogP contribution in [0.5, 0.6) is 0 Å². The molecule has 0 saturated heterocycles. The van der Waals surface area contributed by atoms with Gasteiger partial charge in [-0.15, -0.1) is 0 Å². The van der Waals surface area contributed by atoms with E-state index in [9.17, 15) is 10.2 Å². The molecule has 4 heteroatoms. The second kappa shape index (κ2) is 13.3. The van der Waals surface area contributed by atoms with Gasteiger partial charge in [-0.3, -0.25) is 0 Å². The van der Waals surface area contributed by atoms with Gasteiger partial charge in [0.05, 0.1) is 12.7 Å². The van der Waals surface area contributed by atoms with E-state index in [1.807, 2.05) is 0 Å². The lowest BCUT2D eigenvalue weighted by Crippen LogP contribution is -2.68. The van der Waals surface area contributed by atoms with Crippen molar-refractivity contribution in [3.05, 3.63) is 72.3 Å². The van der Waals surface area contributed by atoms with Crippen molar-refractivity contribution < 1.29 is 14.6 Å². The van der Waals surface area contributed by atoms with Crippen molar-refractivity contribution in [1.82, 2.24) is 0 Å². The summed E-state index contributed by atoms with van der Waals surface area (Å²) >= 11 is 0. The van der Waals surface area contributed by atoms with Gasteiger partial charge in [0.1, 0.15) is 0 Å². The van der Waals surface area contributed by atoms with Crippen LogP contribution in [0.2, 0.25) is 5.04 Å². The second-order valence-corrected chi connectivity index (χ2v) is 21.6. The van der Waals surface area contributed by atoms with Gasteiger partial charge < -0.3 is 14.6 Å². The number of hydrogen-bond acceptors (Lipinski definition) is 3. The van der Waals surface area contributed by atoms with E-state index in [0.717, 1.165) is 49.4 Å².